The quantitative estimate of drug-likeness (QED) is 0.614. The lowest BCUT2D eigenvalue weighted by molar-refractivity contribution is -0.119. The number of benzene rings is 2. The number of rotatable bonds is 5. The first-order valence-corrected chi connectivity index (χ1v) is 9.64. The highest BCUT2D eigenvalue weighted by Gasteiger charge is 2.34. The van der Waals surface area contributed by atoms with Gasteiger partial charge < -0.3 is 5.32 Å². The molecule has 2 heterocycles. The molecular formula is C20H18F2N4OS. The summed E-state index contributed by atoms with van der Waals surface area (Å²) in [5.41, 5.74) is 7.87. The van der Waals surface area contributed by atoms with Crippen molar-refractivity contribution in [2.75, 3.05) is 11.9 Å². The predicted octanol–water partition coefficient (Wildman–Crippen LogP) is 3.42. The Morgan fingerprint density at radius 2 is 1.79 bits per heavy atom. The van der Waals surface area contributed by atoms with E-state index in [0.29, 0.717) is 18.1 Å². The molecule has 4 rings (SSSR count). The third-order valence-electron chi connectivity index (χ3n) is 4.62. The van der Waals surface area contributed by atoms with Gasteiger partial charge in [-0.15, -0.1) is 11.3 Å². The number of carbonyl (C=O) groups excluding carboxylic acids is 1. The summed E-state index contributed by atoms with van der Waals surface area (Å²) in [6.45, 7) is 0.460. The molecule has 0 bridgehead atoms. The zero-order valence-corrected chi connectivity index (χ0v) is 15.6. The van der Waals surface area contributed by atoms with E-state index in [1.54, 1.807) is 30.5 Å². The summed E-state index contributed by atoms with van der Waals surface area (Å²) in [5.74, 6) is -1.09. The smallest absolute Gasteiger partial charge is 0.232 e. The van der Waals surface area contributed by atoms with Gasteiger partial charge in [-0.2, -0.15) is 0 Å². The van der Waals surface area contributed by atoms with Gasteiger partial charge in [-0.3, -0.25) is 10.2 Å². The summed E-state index contributed by atoms with van der Waals surface area (Å²) in [7, 11) is 0. The normalized spacial score (nSPS) is 18.9. The number of hydrogen-bond donors (Lipinski definition) is 3. The summed E-state index contributed by atoms with van der Waals surface area (Å²) in [6.07, 6.45) is 2.34. The first-order chi connectivity index (χ1) is 13.6. The van der Waals surface area contributed by atoms with Crippen LogP contribution in [0.2, 0.25) is 0 Å². The first kappa shape index (κ1) is 18.7. The van der Waals surface area contributed by atoms with Gasteiger partial charge in [0.05, 0.1) is 12.0 Å². The monoisotopic (exact) mass is 400 g/mol. The Balaban J connectivity index is 1.41. The molecule has 144 valence electrons. The number of nitrogens with zero attached hydrogens (tertiary/aromatic N) is 1. The number of carbonyl (C=O) groups is 1. The summed E-state index contributed by atoms with van der Waals surface area (Å²) in [4.78, 5) is 18.0. The number of hydrazine groups is 1. The van der Waals surface area contributed by atoms with Crippen molar-refractivity contribution in [3.05, 3.63) is 82.4 Å². The van der Waals surface area contributed by atoms with E-state index in [0.717, 1.165) is 16.0 Å². The number of nitrogens with one attached hydrogen (secondary N) is 3. The van der Waals surface area contributed by atoms with Crippen LogP contribution in [-0.4, -0.2) is 17.4 Å². The minimum absolute atomic E-state index is 0.158. The average molecular weight is 400 g/mol. The number of halogens is 2. The van der Waals surface area contributed by atoms with Gasteiger partial charge in [0.2, 0.25) is 5.91 Å². The van der Waals surface area contributed by atoms with Gasteiger partial charge in [0.25, 0.3) is 0 Å². The molecule has 3 aromatic rings. The van der Waals surface area contributed by atoms with E-state index in [1.165, 1.54) is 35.6 Å². The SMILES string of the molecule is O=C(Nc1ncc(Cc2ccc(F)cc2)s1)C1CNNC1c1ccc(F)cc1. The molecule has 0 aliphatic carbocycles. The maximum Gasteiger partial charge on any atom is 0.232 e. The largest absolute Gasteiger partial charge is 0.302 e. The highest BCUT2D eigenvalue weighted by atomic mass is 32.1. The van der Waals surface area contributed by atoms with Crippen LogP contribution in [0.15, 0.2) is 54.7 Å². The molecule has 1 aliphatic rings. The van der Waals surface area contributed by atoms with E-state index < -0.39 is 0 Å². The van der Waals surface area contributed by atoms with E-state index in [-0.39, 0.29) is 29.5 Å². The molecule has 0 saturated carbocycles. The number of amides is 1. The summed E-state index contributed by atoms with van der Waals surface area (Å²) < 4.78 is 26.2. The molecule has 0 spiro atoms. The van der Waals surface area contributed by atoms with Crippen molar-refractivity contribution in [2.24, 2.45) is 5.92 Å². The molecule has 5 nitrogen and oxygen atoms in total. The lowest BCUT2D eigenvalue weighted by atomic mass is 9.94. The van der Waals surface area contributed by atoms with E-state index in [4.69, 9.17) is 0 Å². The van der Waals surface area contributed by atoms with Gasteiger partial charge in [0.1, 0.15) is 11.6 Å². The molecule has 3 N–H and O–H groups in total. The van der Waals surface area contributed by atoms with Crippen LogP contribution in [0, 0.1) is 17.6 Å². The van der Waals surface area contributed by atoms with E-state index in [2.05, 4.69) is 21.2 Å². The zero-order valence-electron chi connectivity index (χ0n) is 14.8. The van der Waals surface area contributed by atoms with Crippen molar-refractivity contribution < 1.29 is 13.6 Å². The van der Waals surface area contributed by atoms with Gasteiger partial charge in [-0.1, -0.05) is 24.3 Å². The van der Waals surface area contributed by atoms with Crippen LogP contribution in [0.5, 0.6) is 0 Å². The maximum absolute atomic E-state index is 13.2. The van der Waals surface area contributed by atoms with Crippen LogP contribution >= 0.6 is 11.3 Å². The molecule has 1 aliphatic heterocycles. The van der Waals surface area contributed by atoms with Gasteiger partial charge in [0, 0.05) is 24.0 Å². The van der Waals surface area contributed by atoms with Gasteiger partial charge >= 0.3 is 0 Å². The van der Waals surface area contributed by atoms with E-state index in [1.807, 2.05) is 0 Å². The predicted molar refractivity (Wildman–Crippen MR) is 104 cm³/mol. The molecule has 2 atom stereocenters. The third-order valence-corrected chi connectivity index (χ3v) is 5.54. The number of anilines is 1. The summed E-state index contributed by atoms with van der Waals surface area (Å²) in [5, 5.41) is 3.38. The minimum Gasteiger partial charge on any atom is -0.302 e. The van der Waals surface area contributed by atoms with Gasteiger partial charge in [0.15, 0.2) is 5.13 Å². The van der Waals surface area contributed by atoms with Gasteiger partial charge in [-0.05, 0) is 35.4 Å². The zero-order chi connectivity index (χ0) is 19.5. The maximum atomic E-state index is 13.2. The van der Waals surface area contributed by atoms with Crippen molar-refractivity contribution in [1.29, 1.82) is 0 Å². The van der Waals surface area contributed by atoms with Crippen LogP contribution in [0.4, 0.5) is 13.9 Å². The van der Waals surface area contributed by atoms with E-state index in [9.17, 15) is 13.6 Å². The molecule has 1 saturated heterocycles. The van der Waals surface area contributed by atoms with Crippen LogP contribution in [0.3, 0.4) is 0 Å². The minimum atomic E-state index is -0.352. The molecule has 28 heavy (non-hydrogen) atoms. The number of hydrogen-bond acceptors (Lipinski definition) is 5. The van der Waals surface area contributed by atoms with Crippen molar-refractivity contribution >= 4 is 22.4 Å². The molecule has 2 unspecified atom stereocenters. The second-order valence-electron chi connectivity index (χ2n) is 6.59. The van der Waals surface area contributed by atoms with Crippen LogP contribution in [0.25, 0.3) is 0 Å². The Kier molecular flexibility index (Phi) is 5.43. The molecule has 1 aromatic heterocycles. The third kappa shape index (κ3) is 4.24. The fraction of sp³-hybridized carbons (Fsp3) is 0.200. The second kappa shape index (κ2) is 8.14. The lowest BCUT2D eigenvalue weighted by Crippen LogP contribution is -2.29. The summed E-state index contributed by atoms with van der Waals surface area (Å²) in [6, 6.07) is 12.2. The molecule has 2 aromatic carbocycles. The lowest BCUT2D eigenvalue weighted by Gasteiger charge is -2.17. The van der Waals surface area contributed by atoms with Crippen molar-refractivity contribution in [3.8, 4) is 0 Å². The van der Waals surface area contributed by atoms with Gasteiger partial charge in [-0.25, -0.2) is 19.2 Å². The second-order valence-corrected chi connectivity index (χ2v) is 7.70. The first-order valence-electron chi connectivity index (χ1n) is 8.82. The molecule has 0 radical (unpaired) electrons. The Hall–Kier alpha value is -2.68. The van der Waals surface area contributed by atoms with Crippen LogP contribution in [0.1, 0.15) is 22.0 Å². The number of aromatic nitrogens is 1. The standard InChI is InChI=1S/C20H18F2N4OS/c21-14-5-1-12(2-6-14)9-16-10-23-20(28-16)25-19(27)17-11-24-26-18(17)13-3-7-15(22)8-4-13/h1-8,10,17-18,24,26H,9,11H2,(H,23,25,27). The van der Waals surface area contributed by atoms with Crippen molar-refractivity contribution in [3.63, 3.8) is 0 Å². The van der Waals surface area contributed by atoms with Crippen molar-refractivity contribution in [1.82, 2.24) is 15.8 Å². The highest BCUT2D eigenvalue weighted by Crippen LogP contribution is 2.28. The number of thiazole rings is 1. The Bertz CT molecular complexity index is 959. The van der Waals surface area contributed by atoms with Crippen molar-refractivity contribution in [2.45, 2.75) is 12.5 Å². The molecule has 8 heteroatoms. The Morgan fingerprint density at radius 1 is 1.11 bits per heavy atom. The topological polar surface area (TPSA) is 66.0 Å². The Labute approximate surface area is 164 Å². The summed E-state index contributed by atoms with van der Waals surface area (Å²) >= 11 is 1.39. The van der Waals surface area contributed by atoms with Crippen LogP contribution < -0.4 is 16.2 Å². The molecule has 1 amide bonds. The highest BCUT2D eigenvalue weighted by molar-refractivity contribution is 7.15. The molecule has 1 fully saturated rings. The van der Waals surface area contributed by atoms with Crippen LogP contribution in [-0.2, 0) is 11.2 Å². The molecular weight excluding hydrogens is 382 g/mol. The average Bonchev–Trinajstić information content (AvgIpc) is 3.34. The fourth-order valence-corrected chi connectivity index (χ4v) is 4.03. The fourth-order valence-electron chi connectivity index (χ4n) is 3.18. The van der Waals surface area contributed by atoms with E-state index >= 15 is 0 Å². The Morgan fingerprint density at radius 3 is 2.50 bits per heavy atom.